The number of amides is 2. The molecule has 2 amide bonds. The largest absolute Gasteiger partial charge is 0.307 e. The number of halogens is 1. The summed E-state index contributed by atoms with van der Waals surface area (Å²) in [6, 6.07) is 16.9. The number of carbonyl (C=O) groups excluding carboxylic acids is 2. The molecule has 150 valence electrons. The lowest BCUT2D eigenvalue weighted by atomic mass is 9.88. The zero-order valence-electron chi connectivity index (χ0n) is 15.4. The molecule has 0 saturated carbocycles. The van der Waals surface area contributed by atoms with Crippen LogP contribution < -0.4 is 9.77 Å². The second-order valence-electron chi connectivity index (χ2n) is 7.06. The van der Waals surface area contributed by atoms with Crippen molar-refractivity contribution in [3.05, 3.63) is 85.3 Å². The third-order valence-electron chi connectivity index (χ3n) is 5.25. The Balaban J connectivity index is 1.57. The van der Waals surface area contributed by atoms with Gasteiger partial charge in [-0.05, 0) is 29.8 Å². The van der Waals surface area contributed by atoms with Crippen LogP contribution in [-0.4, -0.2) is 22.0 Å². The van der Waals surface area contributed by atoms with Gasteiger partial charge in [0.05, 0.1) is 16.6 Å². The number of nitrogens with one attached hydrogen (secondary N) is 1. The normalized spacial score (nSPS) is 23.1. The van der Waals surface area contributed by atoms with Crippen LogP contribution in [0.3, 0.4) is 0 Å². The maximum Gasteiger partial charge on any atom is 0.305 e. The summed E-state index contributed by atoms with van der Waals surface area (Å²) in [6.45, 7) is 0. The molecule has 1 saturated heterocycles. The first-order valence-electron chi connectivity index (χ1n) is 9.29. The predicted molar refractivity (Wildman–Crippen MR) is 123 cm³/mol. The van der Waals surface area contributed by atoms with E-state index in [-0.39, 0.29) is 22.6 Å². The van der Waals surface area contributed by atoms with Gasteiger partial charge in [-0.25, -0.2) is 4.90 Å². The average molecular weight is 499 g/mol. The molecule has 8 heteroatoms. The van der Waals surface area contributed by atoms with Crippen LogP contribution in [0.15, 0.2) is 75.0 Å². The third kappa shape index (κ3) is 3.29. The van der Waals surface area contributed by atoms with E-state index in [2.05, 4.69) is 20.9 Å². The van der Waals surface area contributed by atoms with Crippen LogP contribution in [0.5, 0.6) is 0 Å². The van der Waals surface area contributed by atoms with Crippen molar-refractivity contribution in [2.24, 2.45) is 5.92 Å². The minimum Gasteiger partial charge on any atom is -0.307 e. The Morgan fingerprint density at radius 2 is 1.70 bits per heavy atom. The smallest absolute Gasteiger partial charge is 0.305 e. The lowest BCUT2D eigenvalue weighted by Crippen LogP contribution is -2.31. The van der Waals surface area contributed by atoms with Gasteiger partial charge in [0.2, 0.25) is 11.8 Å². The van der Waals surface area contributed by atoms with Gasteiger partial charge in [-0.3, -0.25) is 14.4 Å². The Hall–Kier alpha value is -2.42. The summed E-state index contributed by atoms with van der Waals surface area (Å²) in [6.07, 6.45) is 3.90. The lowest BCUT2D eigenvalue weighted by molar-refractivity contribution is -0.122. The van der Waals surface area contributed by atoms with Crippen LogP contribution in [-0.2, 0) is 9.59 Å². The van der Waals surface area contributed by atoms with Gasteiger partial charge >= 0.3 is 4.87 Å². The van der Waals surface area contributed by atoms with Crippen LogP contribution in [0.1, 0.15) is 16.4 Å². The number of anilines is 1. The van der Waals surface area contributed by atoms with Crippen molar-refractivity contribution in [3.63, 3.8) is 0 Å². The minimum absolute atomic E-state index is 0.171. The summed E-state index contributed by atoms with van der Waals surface area (Å²) < 4.78 is 0.876. The molecule has 1 aromatic heterocycles. The van der Waals surface area contributed by atoms with Gasteiger partial charge in [0.15, 0.2) is 0 Å². The second-order valence-corrected chi connectivity index (χ2v) is 10.1. The van der Waals surface area contributed by atoms with Gasteiger partial charge in [0, 0.05) is 15.3 Å². The van der Waals surface area contributed by atoms with Crippen LogP contribution in [0.25, 0.3) is 6.08 Å². The molecule has 1 fully saturated rings. The summed E-state index contributed by atoms with van der Waals surface area (Å²) in [5, 5.41) is 0.122. The number of aromatic nitrogens is 1. The summed E-state index contributed by atoms with van der Waals surface area (Å²) in [5.74, 6) is -1.36. The maximum atomic E-state index is 13.4. The summed E-state index contributed by atoms with van der Waals surface area (Å²) >= 11 is 5.78. The number of thioether (sulfide) groups is 1. The monoisotopic (exact) mass is 498 g/mol. The molecule has 0 spiro atoms. The first-order chi connectivity index (χ1) is 14.5. The average Bonchev–Trinajstić information content (AvgIpc) is 3.24. The quantitative estimate of drug-likeness (QED) is 0.533. The molecule has 5 rings (SSSR count). The molecule has 0 radical (unpaired) electrons. The van der Waals surface area contributed by atoms with Gasteiger partial charge in [-0.2, -0.15) is 0 Å². The molecule has 0 bridgehead atoms. The van der Waals surface area contributed by atoms with E-state index < -0.39 is 11.2 Å². The Morgan fingerprint density at radius 3 is 2.43 bits per heavy atom. The Kier molecular flexibility index (Phi) is 5.00. The number of H-pyrrole nitrogens is 1. The molecule has 3 aromatic rings. The molecule has 3 atom stereocenters. The number of imide groups is 1. The number of hydrogen-bond acceptors (Lipinski definition) is 5. The number of fused-ring (bicyclic) bond motifs is 2. The third-order valence-corrected chi connectivity index (χ3v) is 8.20. The van der Waals surface area contributed by atoms with E-state index in [4.69, 9.17) is 0 Å². The number of thiazole rings is 1. The van der Waals surface area contributed by atoms with Gasteiger partial charge < -0.3 is 4.98 Å². The van der Waals surface area contributed by atoms with Crippen LogP contribution >= 0.6 is 39.0 Å². The van der Waals surface area contributed by atoms with Crippen molar-refractivity contribution in [1.82, 2.24) is 4.98 Å². The fraction of sp³-hybridized carbons (Fsp3) is 0.136. The SMILES string of the molecule is O=C1[C@@H]2[C@H](/C=C/c3ccccc3)c3sc(=O)[nH]c3S[C@H]2C(=O)N1c1ccc(Br)cc1. The van der Waals surface area contributed by atoms with E-state index in [1.807, 2.05) is 54.6 Å². The standard InChI is InChI=1S/C22H15BrN2O3S2/c23-13-7-9-14(10-8-13)25-20(26)16-15(11-6-12-4-2-1-3-5-12)17-19(24-22(28)30-17)29-18(16)21(25)27/h1-11,15-16,18H,(H,24,28)/b11-6+/t15-,16+,18+/m0/s1. The number of nitrogens with zero attached hydrogens (tertiary/aromatic N) is 1. The van der Waals surface area contributed by atoms with Crippen molar-refractivity contribution in [2.75, 3.05) is 4.90 Å². The highest BCUT2D eigenvalue weighted by Gasteiger charge is 2.55. The van der Waals surface area contributed by atoms with Crippen molar-refractivity contribution < 1.29 is 9.59 Å². The number of aromatic amines is 1. The summed E-state index contributed by atoms with van der Waals surface area (Å²) in [4.78, 5) is 43.5. The first kappa shape index (κ1) is 19.5. The van der Waals surface area contributed by atoms with Crippen molar-refractivity contribution in [1.29, 1.82) is 0 Å². The van der Waals surface area contributed by atoms with Crippen molar-refractivity contribution in [2.45, 2.75) is 16.2 Å². The highest BCUT2D eigenvalue weighted by Crippen LogP contribution is 2.51. The molecular formula is C22H15BrN2O3S2. The van der Waals surface area contributed by atoms with Gasteiger partial charge in [0.25, 0.3) is 0 Å². The molecule has 0 aliphatic carbocycles. The topological polar surface area (TPSA) is 70.2 Å². The molecule has 0 unspecified atom stereocenters. The molecule has 2 aliphatic heterocycles. The van der Waals surface area contributed by atoms with E-state index in [1.165, 1.54) is 16.7 Å². The maximum absolute atomic E-state index is 13.4. The number of hydrogen-bond donors (Lipinski definition) is 1. The molecular weight excluding hydrogens is 484 g/mol. The lowest BCUT2D eigenvalue weighted by Gasteiger charge is -2.27. The van der Waals surface area contributed by atoms with Crippen LogP contribution in [0, 0.1) is 5.92 Å². The zero-order valence-corrected chi connectivity index (χ0v) is 18.7. The van der Waals surface area contributed by atoms with Crippen molar-refractivity contribution in [3.8, 4) is 0 Å². The summed E-state index contributed by atoms with van der Waals surface area (Å²) in [5.41, 5.74) is 1.56. The van der Waals surface area contributed by atoms with Crippen molar-refractivity contribution >= 4 is 62.6 Å². The molecule has 2 aromatic carbocycles. The highest BCUT2D eigenvalue weighted by molar-refractivity contribution is 9.10. The van der Waals surface area contributed by atoms with Gasteiger partial charge in [0.1, 0.15) is 5.25 Å². The second kappa shape index (κ2) is 7.68. The zero-order chi connectivity index (χ0) is 20.8. The number of rotatable bonds is 3. The van der Waals surface area contributed by atoms with Crippen LogP contribution in [0.4, 0.5) is 5.69 Å². The van der Waals surface area contributed by atoms with E-state index in [9.17, 15) is 14.4 Å². The number of benzene rings is 2. The fourth-order valence-electron chi connectivity index (χ4n) is 3.89. The first-order valence-corrected chi connectivity index (χ1v) is 11.8. The van der Waals surface area contributed by atoms with Crippen LogP contribution in [0.2, 0.25) is 0 Å². The Bertz CT molecular complexity index is 1220. The fourth-order valence-corrected chi connectivity index (χ4v) is 6.64. The molecule has 5 nitrogen and oxygen atoms in total. The number of allylic oxidation sites excluding steroid dienone is 1. The molecule has 2 aliphatic rings. The summed E-state index contributed by atoms with van der Waals surface area (Å²) in [7, 11) is 0. The van der Waals surface area contributed by atoms with E-state index in [0.29, 0.717) is 10.7 Å². The highest BCUT2D eigenvalue weighted by atomic mass is 79.9. The minimum atomic E-state index is -0.565. The van der Waals surface area contributed by atoms with Gasteiger partial charge in [-0.1, -0.05) is 81.5 Å². The molecule has 1 N–H and O–H groups in total. The van der Waals surface area contributed by atoms with E-state index >= 15 is 0 Å². The van der Waals surface area contributed by atoms with E-state index in [1.54, 1.807) is 12.1 Å². The Morgan fingerprint density at radius 1 is 0.967 bits per heavy atom. The molecule has 3 heterocycles. The predicted octanol–water partition coefficient (Wildman–Crippen LogP) is 4.66. The van der Waals surface area contributed by atoms with E-state index in [0.717, 1.165) is 26.3 Å². The number of carbonyl (C=O) groups is 2. The molecule has 30 heavy (non-hydrogen) atoms. The van der Waals surface area contributed by atoms with Gasteiger partial charge in [-0.15, -0.1) is 0 Å². The Labute approximate surface area is 188 Å².